The third-order valence-corrected chi connectivity index (χ3v) is 2.79. The van der Waals surface area contributed by atoms with E-state index in [0.717, 1.165) is 0 Å². The molecule has 100 valence electrons. The highest BCUT2D eigenvalue weighted by Crippen LogP contribution is 2.19. The lowest BCUT2D eigenvalue weighted by atomic mass is 10.1. The molecule has 3 rings (SSSR count). The predicted molar refractivity (Wildman–Crippen MR) is 70.3 cm³/mol. The summed E-state index contributed by atoms with van der Waals surface area (Å²) in [6, 6.07) is 14.0. The average Bonchev–Trinajstić information content (AvgIpc) is 3.01. The summed E-state index contributed by atoms with van der Waals surface area (Å²) in [6.45, 7) is 0.169. The Morgan fingerprint density at radius 1 is 1.10 bits per heavy atom. The van der Waals surface area contributed by atoms with Crippen LogP contribution in [0.15, 0.2) is 48.5 Å². The van der Waals surface area contributed by atoms with Gasteiger partial charge >= 0.3 is 0 Å². The first kappa shape index (κ1) is 12.3. The van der Waals surface area contributed by atoms with Gasteiger partial charge in [0.25, 0.3) is 0 Å². The molecule has 3 aromatic rings. The van der Waals surface area contributed by atoms with E-state index in [1.807, 2.05) is 30.3 Å². The summed E-state index contributed by atoms with van der Waals surface area (Å²) in [5.74, 6) is 0.705. The summed E-state index contributed by atoms with van der Waals surface area (Å²) in [5.41, 5.74) is 1.04. The van der Waals surface area contributed by atoms with Crippen molar-refractivity contribution < 1.29 is 9.13 Å². The normalized spacial score (nSPS) is 10.4. The highest BCUT2D eigenvalue weighted by Gasteiger charge is 2.08. The minimum absolute atomic E-state index is 0.169. The maximum absolute atomic E-state index is 14.0. The molecule has 0 atom stereocenters. The Morgan fingerprint density at radius 2 is 1.95 bits per heavy atom. The number of tetrazole rings is 1. The number of halogens is 1. The Morgan fingerprint density at radius 3 is 2.65 bits per heavy atom. The molecule has 1 heterocycles. The van der Waals surface area contributed by atoms with Gasteiger partial charge in [0.2, 0.25) is 5.82 Å². The molecule has 2 aromatic carbocycles. The van der Waals surface area contributed by atoms with Crippen molar-refractivity contribution in [2.45, 2.75) is 6.61 Å². The van der Waals surface area contributed by atoms with Gasteiger partial charge in [-0.3, -0.25) is 0 Å². The number of rotatable bonds is 4. The van der Waals surface area contributed by atoms with Gasteiger partial charge in [-0.25, -0.2) is 4.39 Å². The number of benzene rings is 2. The van der Waals surface area contributed by atoms with Gasteiger partial charge in [0.15, 0.2) is 0 Å². The third kappa shape index (κ3) is 2.64. The average molecular weight is 270 g/mol. The molecule has 1 N–H and O–H groups in total. The van der Waals surface area contributed by atoms with Gasteiger partial charge in [-0.2, -0.15) is 5.21 Å². The van der Waals surface area contributed by atoms with Gasteiger partial charge in [0.1, 0.15) is 18.2 Å². The summed E-state index contributed by atoms with van der Waals surface area (Å²) in [4.78, 5) is 0. The maximum Gasteiger partial charge on any atom is 0.204 e. The van der Waals surface area contributed by atoms with E-state index in [2.05, 4.69) is 20.6 Å². The van der Waals surface area contributed by atoms with Crippen LogP contribution in [0.5, 0.6) is 5.75 Å². The molecule has 0 saturated carbocycles. The highest BCUT2D eigenvalue weighted by atomic mass is 19.1. The number of aromatic amines is 1. The van der Waals surface area contributed by atoms with E-state index in [4.69, 9.17) is 4.74 Å². The number of hydrogen-bond acceptors (Lipinski definition) is 4. The Bertz CT molecular complexity index is 686. The SMILES string of the molecule is Fc1cc(-c2nn[nH]n2)ccc1COc1ccccc1. The summed E-state index contributed by atoms with van der Waals surface area (Å²) in [6.07, 6.45) is 0. The quantitative estimate of drug-likeness (QED) is 0.791. The fourth-order valence-corrected chi connectivity index (χ4v) is 1.77. The lowest BCUT2D eigenvalue weighted by Crippen LogP contribution is -1.99. The van der Waals surface area contributed by atoms with Crippen LogP contribution < -0.4 is 4.74 Å². The summed E-state index contributed by atoms with van der Waals surface area (Å²) in [5, 5.41) is 13.4. The number of aromatic nitrogens is 4. The molecule has 0 saturated heterocycles. The summed E-state index contributed by atoms with van der Waals surface area (Å²) < 4.78 is 19.5. The van der Waals surface area contributed by atoms with Crippen molar-refractivity contribution in [1.82, 2.24) is 20.6 Å². The molecule has 0 aliphatic carbocycles. The zero-order valence-corrected chi connectivity index (χ0v) is 10.5. The van der Waals surface area contributed by atoms with Crippen LogP contribution in [-0.4, -0.2) is 20.6 Å². The Balaban J connectivity index is 1.75. The molecule has 5 nitrogen and oxygen atoms in total. The van der Waals surface area contributed by atoms with E-state index in [1.54, 1.807) is 12.1 Å². The van der Waals surface area contributed by atoms with Crippen molar-refractivity contribution >= 4 is 0 Å². The number of nitrogens with zero attached hydrogens (tertiary/aromatic N) is 3. The van der Waals surface area contributed by atoms with Crippen LogP contribution in [0.1, 0.15) is 5.56 Å². The van der Waals surface area contributed by atoms with Crippen molar-refractivity contribution in [3.8, 4) is 17.1 Å². The van der Waals surface area contributed by atoms with Crippen LogP contribution >= 0.6 is 0 Å². The first-order valence-electron chi connectivity index (χ1n) is 6.03. The molecule has 20 heavy (non-hydrogen) atoms. The van der Waals surface area contributed by atoms with E-state index >= 15 is 0 Å². The lowest BCUT2D eigenvalue weighted by molar-refractivity contribution is 0.300. The summed E-state index contributed by atoms with van der Waals surface area (Å²) >= 11 is 0. The first-order valence-corrected chi connectivity index (χ1v) is 6.03. The molecule has 0 radical (unpaired) electrons. The number of H-pyrrole nitrogens is 1. The lowest BCUT2D eigenvalue weighted by Gasteiger charge is -2.07. The molecule has 6 heteroatoms. The van der Waals surface area contributed by atoms with Crippen molar-refractivity contribution in [3.05, 3.63) is 59.9 Å². The minimum Gasteiger partial charge on any atom is -0.489 e. The monoisotopic (exact) mass is 270 g/mol. The van der Waals surface area contributed by atoms with Crippen LogP contribution in [0.3, 0.4) is 0 Å². The van der Waals surface area contributed by atoms with Crippen LogP contribution in [-0.2, 0) is 6.61 Å². The molecular formula is C14H11FN4O. The Kier molecular flexibility index (Phi) is 3.36. The van der Waals surface area contributed by atoms with E-state index < -0.39 is 0 Å². The molecule has 0 bridgehead atoms. The third-order valence-electron chi connectivity index (χ3n) is 2.79. The second-order valence-electron chi connectivity index (χ2n) is 4.14. The Hall–Kier alpha value is -2.76. The molecule has 1 aromatic heterocycles. The van der Waals surface area contributed by atoms with Crippen molar-refractivity contribution in [1.29, 1.82) is 0 Å². The predicted octanol–water partition coefficient (Wildman–Crippen LogP) is 2.58. The van der Waals surface area contributed by atoms with E-state index in [0.29, 0.717) is 22.7 Å². The molecule has 0 fully saturated rings. The van der Waals surface area contributed by atoms with E-state index in [9.17, 15) is 4.39 Å². The van der Waals surface area contributed by atoms with Crippen molar-refractivity contribution in [2.24, 2.45) is 0 Å². The second kappa shape index (κ2) is 5.48. The van der Waals surface area contributed by atoms with Crippen LogP contribution in [0.2, 0.25) is 0 Å². The fraction of sp³-hybridized carbons (Fsp3) is 0.0714. The first-order chi connectivity index (χ1) is 9.83. The molecule has 0 aliphatic heterocycles. The van der Waals surface area contributed by atoms with Crippen molar-refractivity contribution in [2.75, 3.05) is 0 Å². The zero-order chi connectivity index (χ0) is 13.8. The van der Waals surface area contributed by atoms with Gasteiger partial charge in [0, 0.05) is 11.1 Å². The molecule has 0 spiro atoms. The second-order valence-corrected chi connectivity index (χ2v) is 4.14. The largest absolute Gasteiger partial charge is 0.489 e. The summed E-state index contributed by atoms with van der Waals surface area (Å²) in [7, 11) is 0. The van der Waals surface area contributed by atoms with Crippen LogP contribution in [0.25, 0.3) is 11.4 Å². The standard InChI is InChI=1S/C14H11FN4O/c15-13-8-10(14-16-18-19-17-14)6-7-11(13)9-20-12-4-2-1-3-5-12/h1-8H,9H2,(H,16,17,18,19). The van der Waals surface area contributed by atoms with Gasteiger partial charge in [-0.15, -0.1) is 10.2 Å². The maximum atomic E-state index is 14.0. The van der Waals surface area contributed by atoms with Gasteiger partial charge in [0.05, 0.1) is 0 Å². The van der Waals surface area contributed by atoms with E-state index in [1.165, 1.54) is 6.07 Å². The smallest absolute Gasteiger partial charge is 0.204 e. The molecule has 0 aliphatic rings. The van der Waals surface area contributed by atoms with Gasteiger partial charge in [-0.1, -0.05) is 30.3 Å². The molecule has 0 amide bonds. The fourth-order valence-electron chi connectivity index (χ4n) is 1.77. The van der Waals surface area contributed by atoms with Gasteiger partial charge in [-0.05, 0) is 23.4 Å². The van der Waals surface area contributed by atoms with E-state index in [-0.39, 0.29) is 12.4 Å². The Labute approximate surface area is 114 Å². The highest BCUT2D eigenvalue weighted by molar-refractivity contribution is 5.54. The van der Waals surface area contributed by atoms with Gasteiger partial charge < -0.3 is 4.74 Å². The number of para-hydroxylation sites is 1. The zero-order valence-electron chi connectivity index (χ0n) is 10.5. The number of nitrogens with one attached hydrogen (secondary N) is 1. The van der Waals surface area contributed by atoms with Crippen molar-refractivity contribution in [3.63, 3.8) is 0 Å². The number of hydrogen-bond donors (Lipinski definition) is 1. The van der Waals surface area contributed by atoms with Crippen LogP contribution in [0.4, 0.5) is 4.39 Å². The molecule has 0 unspecified atom stereocenters. The number of ether oxygens (including phenoxy) is 1. The minimum atomic E-state index is -0.358. The topological polar surface area (TPSA) is 63.7 Å². The molecular weight excluding hydrogens is 259 g/mol. The van der Waals surface area contributed by atoms with Crippen LogP contribution in [0, 0.1) is 5.82 Å².